The van der Waals surface area contributed by atoms with E-state index in [4.69, 9.17) is 0 Å². The largest absolute Gasteiger partial charge is 0.310 e. The van der Waals surface area contributed by atoms with E-state index in [-0.39, 0.29) is 5.41 Å². The number of anilines is 3. The van der Waals surface area contributed by atoms with Gasteiger partial charge < -0.3 is 9.47 Å². The van der Waals surface area contributed by atoms with Crippen LogP contribution in [0.4, 0.5) is 17.1 Å². The molecule has 2 heteroatoms. The summed E-state index contributed by atoms with van der Waals surface area (Å²) in [5.74, 6) is 0. The molecule has 0 saturated carbocycles. The maximum atomic E-state index is 2.47. The van der Waals surface area contributed by atoms with Crippen LogP contribution in [0.25, 0.3) is 82.4 Å². The molecule has 1 heterocycles. The van der Waals surface area contributed by atoms with Crippen molar-refractivity contribution in [1.29, 1.82) is 0 Å². The first-order chi connectivity index (χ1) is 30.0. The quantitative estimate of drug-likeness (QED) is 0.153. The zero-order valence-corrected chi connectivity index (χ0v) is 34.2. The van der Waals surface area contributed by atoms with Gasteiger partial charge in [0, 0.05) is 38.9 Å². The van der Waals surface area contributed by atoms with Crippen molar-refractivity contribution in [3.8, 4) is 39.1 Å². The van der Waals surface area contributed by atoms with E-state index in [1.165, 1.54) is 93.5 Å². The lowest BCUT2D eigenvalue weighted by atomic mass is 9.82. The molecule has 0 atom stereocenters. The number of nitrogens with zero attached hydrogens (tertiary/aromatic N) is 2. The molecule has 11 aromatic rings. The minimum atomic E-state index is -0.0800. The summed E-state index contributed by atoms with van der Waals surface area (Å²) in [6.07, 6.45) is 0. The molecule has 0 radical (unpaired) electrons. The summed E-state index contributed by atoms with van der Waals surface area (Å²) in [6.45, 7) is 4.72. The summed E-state index contributed by atoms with van der Waals surface area (Å²) in [5, 5.41) is 7.61. The third-order valence-corrected chi connectivity index (χ3v) is 13.2. The molecule has 288 valence electrons. The first-order valence-electron chi connectivity index (χ1n) is 21.3. The molecule has 12 rings (SSSR count). The van der Waals surface area contributed by atoms with Crippen LogP contribution in [0.15, 0.2) is 218 Å². The zero-order valence-electron chi connectivity index (χ0n) is 34.2. The normalized spacial score (nSPS) is 12.9. The number of aromatic nitrogens is 1. The molecule has 0 aliphatic heterocycles. The molecule has 1 aliphatic carbocycles. The van der Waals surface area contributed by atoms with Crippen LogP contribution in [-0.2, 0) is 5.41 Å². The molecule has 1 aliphatic rings. The fourth-order valence-electron chi connectivity index (χ4n) is 10.2. The highest BCUT2D eigenvalue weighted by atomic mass is 15.1. The average molecular weight is 779 g/mol. The van der Waals surface area contributed by atoms with Crippen molar-refractivity contribution in [3.63, 3.8) is 0 Å². The van der Waals surface area contributed by atoms with E-state index in [0.717, 1.165) is 17.1 Å². The van der Waals surface area contributed by atoms with Crippen LogP contribution in [-0.4, -0.2) is 4.57 Å². The minimum Gasteiger partial charge on any atom is -0.310 e. The number of hydrogen-bond donors (Lipinski definition) is 0. The van der Waals surface area contributed by atoms with Gasteiger partial charge in [0.2, 0.25) is 0 Å². The molecule has 0 fully saturated rings. The number of rotatable bonds is 6. The first-order valence-corrected chi connectivity index (χ1v) is 21.3. The Bertz CT molecular complexity index is 3500. The van der Waals surface area contributed by atoms with Gasteiger partial charge in [-0.2, -0.15) is 0 Å². The predicted octanol–water partition coefficient (Wildman–Crippen LogP) is 16.2. The SMILES string of the molecule is CC1(C)c2ccccc2-c2ccc(-n3c4ccccc4c4c(-c5cccc(N(c6ccccc6)c6ccc(-c7ccc8c(ccc9ccccc98)c7)cc6)c5)cccc43)cc21. The van der Waals surface area contributed by atoms with Gasteiger partial charge in [-0.05, 0) is 133 Å². The van der Waals surface area contributed by atoms with Gasteiger partial charge in [0.05, 0.1) is 11.0 Å². The lowest BCUT2D eigenvalue weighted by Gasteiger charge is -2.26. The molecule has 1 aromatic heterocycles. The number of fused-ring (bicyclic) bond motifs is 9. The second kappa shape index (κ2) is 13.7. The maximum absolute atomic E-state index is 2.47. The second-order valence-electron chi connectivity index (χ2n) is 16.9. The summed E-state index contributed by atoms with van der Waals surface area (Å²) in [5.41, 5.74) is 17.1. The Morgan fingerprint density at radius 1 is 0.361 bits per heavy atom. The van der Waals surface area contributed by atoms with E-state index in [9.17, 15) is 0 Å². The van der Waals surface area contributed by atoms with Crippen molar-refractivity contribution < 1.29 is 0 Å². The van der Waals surface area contributed by atoms with E-state index in [0.29, 0.717) is 0 Å². The Balaban J connectivity index is 0.956. The second-order valence-corrected chi connectivity index (χ2v) is 16.9. The van der Waals surface area contributed by atoms with Gasteiger partial charge in [0.1, 0.15) is 0 Å². The standard InChI is InChI=1S/C59H42N2/c1-59(2)54-23-10-8-20-51(54)52-35-33-47(38-55(52)59)61-56-24-11-9-21-53(56)58-50(22-13-25-57(58)61)42-15-12-18-46(37-42)60(44-16-4-3-5-17-44)45-31-28-39(29-32-45)41-30-34-49-43(36-41)27-26-40-14-6-7-19-48(40)49/h3-38H,1-2H3. The number of hydrogen-bond acceptors (Lipinski definition) is 1. The van der Waals surface area contributed by atoms with Crippen molar-refractivity contribution >= 4 is 60.4 Å². The third kappa shape index (κ3) is 5.56. The smallest absolute Gasteiger partial charge is 0.0547 e. The molecule has 0 spiro atoms. The molecule has 0 unspecified atom stereocenters. The van der Waals surface area contributed by atoms with Gasteiger partial charge >= 0.3 is 0 Å². The van der Waals surface area contributed by atoms with Crippen LogP contribution < -0.4 is 4.90 Å². The molecular weight excluding hydrogens is 737 g/mol. The summed E-state index contributed by atoms with van der Waals surface area (Å²) in [7, 11) is 0. The van der Waals surface area contributed by atoms with Crippen LogP contribution in [0, 0.1) is 0 Å². The molecule has 0 bridgehead atoms. The summed E-state index contributed by atoms with van der Waals surface area (Å²) in [6, 6.07) is 80.3. The van der Waals surface area contributed by atoms with Crippen LogP contribution in [0.5, 0.6) is 0 Å². The maximum Gasteiger partial charge on any atom is 0.0547 e. The van der Waals surface area contributed by atoms with Crippen LogP contribution in [0.2, 0.25) is 0 Å². The van der Waals surface area contributed by atoms with E-state index in [2.05, 4.69) is 242 Å². The number of benzene rings is 10. The minimum absolute atomic E-state index is 0.0800. The Labute approximate surface area is 356 Å². The zero-order chi connectivity index (χ0) is 40.7. The van der Waals surface area contributed by atoms with Crippen LogP contribution in [0.3, 0.4) is 0 Å². The van der Waals surface area contributed by atoms with E-state index < -0.39 is 0 Å². The van der Waals surface area contributed by atoms with Gasteiger partial charge in [0.25, 0.3) is 0 Å². The average Bonchev–Trinajstić information content (AvgIpc) is 3.77. The van der Waals surface area contributed by atoms with E-state index in [1.54, 1.807) is 0 Å². The lowest BCUT2D eigenvalue weighted by molar-refractivity contribution is 0.660. The van der Waals surface area contributed by atoms with Crippen molar-refractivity contribution in [2.24, 2.45) is 0 Å². The van der Waals surface area contributed by atoms with Gasteiger partial charge in [0.15, 0.2) is 0 Å². The predicted molar refractivity (Wildman–Crippen MR) is 259 cm³/mol. The lowest BCUT2D eigenvalue weighted by Crippen LogP contribution is -2.15. The molecule has 0 amide bonds. The molecule has 61 heavy (non-hydrogen) atoms. The van der Waals surface area contributed by atoms with Gasteiger partial charge in [-0.3, -0.25) is 0 Å². The fraction of sp³-hybridized carbons (Fsp3) is 0.0508. The van der Waals surface area contributed by atoms with Gasteiger partial charge in [-0.25, -0.2) is 0 Å². The molecular formula is C59H42N2. The van der Waals surface area contributed by atoms with Crippen molar-refractivity contribution in [1.82, 2.24) is 4.57 Å². The molecule has 0 saturated heterocycles. The summed E-state index contributed by atoms with van der Waals surface area (Å²) < 4.78 is 2.47. The van der Waals surface area contributed by atoms with E-state index >= 15 is 0 Å². The highest BCUT2D eigenvalue weighted by Crippen LogP contribution is 2.50. The molecule has 0 N–H and O–H groups in total. The Kier molecular flexibility index (Phi) is 7.92. The Morgan fingerprint density at radius 3 is 1.89 bits per heavy atom. The van der Waals surface area contributed by atoms with Crippen LogP contribution in [0.1, 0.15) is 25.0 Å². The monoisotopic (exact) mass is 778 g/mol. The van der Waals surface area contributed by atoms with Crippen molar-refractivity contribution in [3.05, 3.63) is 230 Å². The summed E-state index contributed by atoms with van der Waals surface area (Å²) in [4.78, 5) is 2.37. The number of para-hydroxylation sites is 2. The van der Waals surface area contributed by atoms with Gasteiger partial charge in [-0.15, -0.1) is 0 Å². The third-order valence-electron chi connectivity index (χ3n) is 13.2. The topological polar surface area (TPSA) is 8.17 Å². The summed E-state index contributed by atoms with van der Waals surface area (Å²) >= 11 is 0. The highest BCUT2D eigenvalue weighted by Gasteiger charge is 2.35. The Morgan fingerprint density at radius 2 is 1.00 bits per heavy atom. The fourth-order valence-corrected chi connectivity index (χ4v) is 10.2. The van der Waals surface area contributed by atoms with Gasteiger partial charge in [-0.1, -0.05) is 166 Å². The first kappa shape index (κ1) is 35.3. The van der Waals surface area contributed by atoms with Crippen LogP contribution >= 0.6 is 0 Å². The Hall–Kier alpha value is -7.68. The van der Waals surface area contributed by atoms with Crippen molar-refractivity contribution in [2.75, 3.05) is 4.90 Å². The molecule has 10 aromatic carbocycles. The van der Waals surface area contributed by atoms with E-state index in [1.807, 2.05) is 0 Å². The van der Waals surface area contributed by atoms with Crippen molar-refractivity contribution in [2.45, 2.75) is 19.3 Å². The molecule has 2 nitrogen and oxygen atoms in total. The highest BCUT2D eigenvalue weighted by molar-refractivity contribution is 6.16.